The molecule has 42 heavy (non-hydrogen) atoms. The fourth-order valence-electron chi connectivity index (χ4n) is 7.26. The third kappa shape index (κ3) is 4.23. The molecule has 4 aromatic carbocycles. The van der Waals surface area contributed by atoms with E-state index in [1.54, 1.807) is 0 Å². The highest BCUT2D eigenvalue weighted by Crippen LogP contribution is 2.44. The first-order chi connectivity index (χ1) is 20.8. The molecule has 4 aromatic rings. The van der Waals surface area contributed by atoms with Gasteiger partial charge in [-0.3, -0.25) is 0 Å². The third-order valence-corrected chi connectivity index (χ3v) is 9.21. The van der Waals surface area contributed by atoms with Crippen molar-refractivity contribution >= 4 is 11.1 Å². The van der Waals surface area contributed by atoms with E-state index in [1.807, 2.05) is 0 Å². The number of allylic oxidation sites excluding steroid dienone is 12. The van der Waals surface area contributed by atoms with Crippen molar-refractivity contribution in [2.75, 3.05) is 0 Å². The standard InChI is InChI=1S/C42H32/c1-3-14-30(15-4-1)35-26-25-34(28-40(35)31-16-5-2-6-17-31)42-38-21-11-9-19-36(38)41(37-20-10-12-22-39(37)42)33-24-23-29-13-7-8-18-32(29)27-33/h1-29,32,36,38H. The van der Waals surface area contributed by atoms with Crippen molar-refractivity contribution in [1.82, 2.24) is 0 Å². The van der Waals surface area contributed by atoms with E-state index in [1.165, 1.54) is 55.0 Å². The minimum absolute atomic E-state index is 0.264. The molecule has 0 nitrogen and oxygen atoms in total. The largest absolute Gasteiger partial charge is 0.0767 e. The molecule has 4 atom stereocenters. The van der Waals surface area contributed by atoms with Crippen LogP contribution in [0.1, 0.15) is 5.56 Å². The number of hydrogen-bond donors (Lipinski definition) is 0. The van der Waals surface area contributed by atoms with Crippen LogP contribution in [0.25, 0.3) is 33.4 Å². The topological polar surface area (TPSA) is 0 Å². The lowest BCUT2D eigenvalue weighted by Crippen LogP contribution is -2.40. The summed E-state index contributed by atoms with van der Waals surface area (Å²) in [6, 6.07) is 37.8. The number of benzene rings is 4. The lowest BCUT2D eigenvalue weighted by Gasteiger charge is -2.35. The highest BCUT2D eigenvalue weighted by Gasteiger charge is 2.33. The molecule has 0 radical (unpaired) electrons. The van der Waals surface area contributed by atoms with E-state index in [9.17, 15) is 0 Å². The Kier molecular flexibility index (Phi) is 6.19. The Labute approximate surface area is 248 Å². The molecule has 4 unspecified atom stereocenters. The average Bonchev–Trinajstić information content (AvgIpc) is 3.07. The quantitative estimate of drug-likeness (QED) is 0.245. The van der Waals surface area contributed by atoms with Gasteiger partial charge in [-0.2, -0.15) is 0 Å². The normalized spacial score (nSPS) is 23.3. The van der Waals surface area contributed by atoms with Gasteiger partial charge in [0.2, 0.25) is 0 Å². The molecular formula is C42H32. The Bertz CT molecular complexity index is 1980. The van der Waals surface area contributed by atoms with Gasteiger partial charge in [-0.05, 0) is 61.0 Å². The maximum Gasteiger partial charge on any atom is 0.0137 e. The van der Waals surface area contributed by atoms with E-state index < -0.39 is 0 Å². The summed E-state index contributed by atoms with van der Waals surface area (Å²) in [5.74, 6) is 1.42. The second-order valence-electron chi connectivity index (χ2n) is 11.6. The summed E-state index contributed by atoms with van der Waals surface area (Å²) in [5, 5.41) is 2.70. The number of rotatable bonds is 4. The molecule has 0 spiro atoms. The van der Waals surface area contributed by atoms with Gasteiger partial charge in [0.1, 0.15) is 0 Å². The molecule has 8 rings (SSSR count). The van der Waals surface area contributed by atoms with Crippen LogP contribution in [0, 0.1) is 23.7 Å². The Balaban J connectivity index is 1.38. The van der Waals surface area contributed by atoms with E-state index >= 15 is 0 Å². The van der Waals surface area contributed by atoms with Gasteiger partial charge in [0.25, 0.3) is 0 Å². The first-order valence-electron chi connectivity index (χ1n) is 15.0. The van der Waals surface area contributed by atoms with E-state index in [0.717, 1.165) is 0 Å². The first-order valence-corrected chi connectivity index (χ1v) is 15.0. The SMILES string of the molecule is C1=CC2C=CC(C3=c4ccccc4=C(c4ccc(-c5ccccc5)c(-c5ccccc5)c4)C4C=CC=CC34)=CC2C=C1. The molecule has 200 valence electrons. The van der Waals surface area contributed by atoms with E-state index in [4.69, 9.17) is 0 Å². The van der Waals surface area contributed by atoms with Crippen molar-refractivity contribution < 1.29 is 0 Å². The van der Waals surface area contributed by atoms with Crippen LogP contribution in [-0.2, 0) is 0 Å². The van der Waals surface area contributed by atoms with Crippen LogP contribution in [0.3, 0.4) is 0 Å². The Hall–Kier alpha value is -4.94. The molecule has 0 aromatic heterocycles. The van der Waals surface area contributed by atoms with Gasteiger partial charge in [-0.25, -0.2) is 0 Å². The highest BCUT2D eigenvalue weighted by atomic mass is 14.4. The zero-order valence-corrected chi connectivity index (χ0v) is 23.5. The Morgan fingerprint density at radius 1 is 0.405 bits per heavy atom. The van der Waals surface area contributed by atoms with Crippen molar-refractivity contribution in [2.24, 2.45) is 23.7 Å². The molecule has 0 bridgehead atoms. The smallest absolute Gasteiger partial charge is 0.0137 e. The maximum absolute atomic E-state index is 2.49. The zero-order valence-electron chi connectivity index (χ0n) is 23.5. The van der Waals surface area contributed by atoms with E-state index in [2.05, 4.69) is 170 Å². The molecule has 0 N–H and O–H groups in total. The van der Waals surface area contributed by atoms with Gasteiger partial charge in [-0.15, -0.1) is 0 Å². The van der Waals surface area contributed by atoms with Gasteiger partial charge in [-0.1, -0.05) is 164 Å². The lowest BCUT2D eigenvalue weighted by molar-refractivity contribution is 0.648. The van der Waals surface area contributed by atoms with Crippen molar-refractivity contribution in [3.05, 3.63) is 192 Å². The molecule has 0 heterocycles. The van der Waals surface area contributed by atoms with Gasteiger partial charge in [0.15, 0.2) is 0 Å². The zero-order chi connectivity index (χ0) is 27.9. The van der Waals surface area contributed by atoms with E-state index in [0.29, 0.717) is 11.8 Å². The lowest BCUT2D eigenvalue weighted by atomic mass is 9.68. The minimum Gasteiger partial charge on any atom is -0.0767 e. The molecule has 0 saturated heterocycles. The van der Waals surface area contributed by atoms with Crippen molar-refractivity contribution in [3.8, 4) is 22.3 Å². The second-order valence-corrected chi connectivity index (χ2v) is 11.6. The molecule has 0 saturated carbocycles. The summed E-state index contributed by atoms with van der Waals surface area (Å²) >= 11 is 0. The molecule has 0 heteroatoms. The van der Waals surface area contributed by atoms with Gasteiger partial charge >= 0.3 is 0 Å². The summed E-state index contributed by atoms with van der Waals surface area (Å²) in [6.45, 7) is 0. The summed E-state index contributed by atoms with van der Waals surface area (Å²) < 4.78 is 0. The summed E-state index contributed by atoms with van der Waals surface area (Å²) in [7, 11) is 0. The highest BCUT2D eigenvalue weighted by molar-refractivity contribution is 5.88. The Morgan fingerprint density at radius 3 is 1.69 bits per heavy atom. The summed E-state index contributed by atoms with van der Waals surface area (Å²) in [4.78, 5) is 0. The van der Waals surface area contributed by atoms with Gasteiger partial charge in [0, 0.05) is 23.7 Å². The van der Waals surface area contributed by atoms with Crippen LogP contribution in [-0.4, -0.2) is 0 Å². The monoisotopic (exact) mass is 536 g/mol. The van der Waals surface area contributed by atoms with Crippen LogP contribution < -0.4 is 10.4 Å². The number of hydrogen-bond acceptors (Lipinski definition) is 0. The Morgan fingerprint density at radius 2 is 0.976 bits per heavy atom. The fraction of sp³-hybridized carbons (Fsp3) is 0.0952. The molecule has 0 fully saturated rings. The van der Waals surface area contributed by atoms with Crippen molar-refractivity contribution in [3.63, 3.8) is 0 Å². The van der Waals surface area contributed by atoms with Crippen molar-refractivity contribution in [2.45, 2.75) is 0 Å². The second kappa shape index (κ2) is 10.5. The maximum atomic E-state index is 2.49. The van der Waals surface area contributed by atoms with Crippen LogP contribution in [0.2, 0.25) is 0 Å². The van der Waals surface area contributed by atoms with Crippen LogP contribution in [0.15, 0.2) is 176 Å². The fourth-order valence-corrected chi connectivity index (χ4v) is 7.26. The number of fused-ring (bicyclic) bond motifs is 3. The van der Waals surface area contributed by atoms with Gasteiger partial charge in [0.05, 0.1) is 0 Å². The van der Waals surface area contributed by atoms with Crippen LogP contribution in [0.5, 0.6) is 0 Å². The predicted octanol–water partition coefficient (Wildman–Crippen LogP) is 8.60. The average molecular weight is 537 g/mol. The van der Waals surface area contributed by atoms with Crippen molar-refractivity contribution in [1.29, 1.82) is 0 Å². The molecule has 0 amide bonds. The minimum atomic E-state index is 0.264. The summed E-state index contributed by atoms with van der Waals surface area (Å²) in [6.07, 6.45) is 25.6. The molecule has 4 aliphatic rings. The van der Waals surface area contributed by atoms with Crippen LogP contribution in [0.4, 0.5) is 0 Å². The van der Waals surface area contributed by atoms with Gasteiger partial charge < -0.3 is 0 Å². The van der Waals surface area contributed by atoms with Crippen LogP contribution >= 0.6 is 0 Å². The predicted molar refractivity (Wildman–Crippen MR) is 177 cm³/mol. The molecule has 4 aliphatic carbocycles. The third-order valence-electron chi connectivity index (χ3n) is 9.21. The van der Waals surface area contributed by atoms with E-state index in [-0.39, 0.29) is 11.8 Å². The molecular weight excluding hydrogens is 504 g/mol. The first kappa shape index (κ1) is 24.8. The molecule has 0 aliphatic heterocycles. The summed E-state index contributed by atoms with van der Waals surface area (Å²) in [5.41, 5.74) is 10.5.